The van der Waals surface area contributed by atoms with Gasteiger partial charge in [0.05, 0.1) is 25.2 Å². The van der Waals surface area contributed by atoms with E-state index in [9.17, 15) is 9.90 Å². The van der Waals surface area contributed by atoms with Gasteiger partial charge in [-0.25, -0.2) is 0 Å². The first-order valence-electron chi connectivity index (χ1n) is 8.79. The second-order valence-corrected chi connectivity index (χ2v) is 7.02. The van der Waals surface area contributed by atoms with E-state index in [2.05, 4.69) is 16.3 Å². The molecule has 2 N–H and O–H groups in total. The lowest BCUT2D eigenvalue weighted by Gasteiger charge is -2.33. The first-order chi connectivity index (χ1) is 12.0. The highest BCUT2D eigenvalue weighted by Crippen LogP contribution is 2.16. The highest BCUT2D eigenvalue weighted by molar-refractivity contribution is 5.85. The van der Waals surface area contributed by atoms with E-state index < -0.39 is 5.60 Å². The Labute approximate surface area is 148 Å². The number of benzene rings is 2. The van der Waals surface area contributed by atoms with Gasteiger partial charge in [0.25, 0.3) is 0 Å². The average molecular weight is 342 g/mol. The fourth-order valence-corrected chi connectivity index (χ4v) is 3.18. The molecule has 1 aliphatic heterocycles. The molecular formula is C20H26N2O3. The van der Waals surface area contributed by atoms with Gasteiger partial charge in [-0.3, -0.25) is 9.69 Å². The molecule has 0 bridgehead atoms. The summed E-state index contributed by atoms with van der Waals surface area (Å²) >= 11 is 0. The number of hydrogen-bond acceptors (Lipinski definition) is 4. The third-order valence-corrected chi connectivity index (χ3v) is 4.51. The summed E-state index contributed by atoms with van der Waals surface area (Å²) < 4.78 is 5.32. The Bertz CT molecular complexity index is 724. The Morgan fingerprint density at radius 2 is 1.92 bits per heavy atom. The zero-order chi connectivity index (χ0) is 17.7. The molecule has 0 aliphatic carbocycles. The van der Waals surface area contributed by atoms with Crippen molar-refractivity contribution in [3.8, 4) is 0 Å². The summed E-state index contributed by atoms with van der Waals surface area (Å²) in [4.78, 5) is 14.4. The lowest BCUT2D eigenvalue weighted by atomic mass is 10.0. The zero-order valence-electron chi connectivity index (χ0n) is 14.7. The number of aliphatic hydroxyl groups is 1. The van der Waals surface area contributed by atoms with Gasteiger partial charge in [0.1, 0.15) is 0 Å². The number of rotatable bonds is 6. The largest absolute Gasteiger partial charge is 0.387 e. The van der Waals surface area contributed by atoms with Crippen LogP contribution in [0.4, 0.5) is 0 Å². The molecule has 1 aliphatic rings. The van der Waals surface area contributed by atoms with E-state index in [1.165, 1.54) is 5.39 Å². The number of ether oxygens (including phenoxy) is 1. The number of nitrogens with zero attached hydrogens (tertiary/aromatic N) is 1. The molecule has 1 unspecified atom stereocenters. The van der Waals surface area contributed by atoms with Gasteiger partial charge in [0, 0.05) is 26.2 Å². The van der Waals surface area contributed by atoms with Crippen molar-refractivity contribution in [3.05, 3.63) is 48.0 Å². The van der Waals surface area contributed by atoms with Crippen LogP contribution in [0.3, 0.4) is 0 Å². The number of fused-ring (bicyclic) bond motifs is 1. The molecule has 2 aromatic carbocycles. The minimum absolute atomic E-state index is 0.0717. The van der Waals surface area contributed by atoms with Crippen LogP contribution >= 0.6 is 0 Å². The maximum atomic E-state index is 12.2. The van der Waals surface area contributed by atoms with Crippen molar-refractivity contribution in [3.63, 3.8) is 0 Å². The molecule has 1 heterocycles. The van der Waals surface area contributed by atoms with Crippen LogP contribution in [0.2, 0.25) is 0 Å². The number of β-amino-alcohol motifs (C(OH)–C–C–N with tert-alkyl or cyclic N) is 1. The summed E-state index contributed by atoms with van der Waals surface area (Å²) in [5.74, 6) is -0.0717. The van der Waals surface area contributed by atoms with Gasteiger partial charge in [-0.15, -0.1) is 0 Å². The molecule has 3 rings (SSSR count). The Hall–Kier alpha value is -1.95. The Morgan fingerprint density at radius 3 is 2.68 bits per heavy atom. The molecule has 0 radical (unpaired) electrons. The van der Waals surface area contributed by atoms with Crippen LogP contribution in [-0.4, -0.2) is 60.9 Å². The fourth-order valence-electron chi connectivity index (χ4n) is 3.18. The van der Waals surface area contributed by atoms with E-state index in [-0.39, 0.29) is 12.5 Å². The summed E-state index contributed by atoms with van der Waals surface area (Å²) in [7, 11) is 0. The third kappa shape index (κ3) is 5.26. The van der Waals surface area contributed by atoms with E-state index in [1.807, 2.05) is 36.4 Å². The molecule has 5 nitrogen and oxygen atoms in total. The standard InChI is InChI=1S/C20H26N2O3/c1-20(24,15-22-8-10-25-11-9-22)14-21-19(23)13-16-6-7-17-4-2-3-5-18(17)12-16/h2-7,12,24H,8-11,13-15H2,1H3,(H,21,23). The zero-order valence-corrected chi connectivity index (χ0v) is 14.7. The van der Waals surface area contributed by atoms with Gasteiger partial charge in [-0.05, 0) is 23.3 Å². The predicted molar refractivity (Wildman–Crippen MR) is 98.5 cm³/mol. The molecule has 5 heteroatoms. The second-order valence-electron chi connectivity index (χ2n) is 7.02. The highest BCUT2D eigenvalue weighted by atomic mass is 16.5. The lowest BCUT2D eigenvalue weighted by molar-refractivity contribution is -0.121. The number of nitrogens with one attached hydrogen (secondary N) is 1. The smallest absolute Gasteiger partial charge is 0.224 e. The van der Waals surface area contributed by atoms with E-state index in [0.29, 0.717) is 26.2 Å². The van der Waals surface area contributed by atoms with Crippen molar-refractivity contribution in [1.29, 1.82) is 0 Å². The van der Waals surface area contributed by atoms with Crippen molar-refractivity contribution >= 4 is 16.7 Å². The van der Waals surface area contributed by atoms with Crippen LogP contribution in [-0.2, 0) is 16.0 Å². The van der Waals surface area contributed by atoms with Crippen molar-refractivity contribution in [2.45, 2.75) is 18.9 Å². The molecule has 25 heavy (non-hydrogen) atoms. The van der Waals surface area contributed by atoms with E-state index >= 15 is 0 Å². The summed E-state index contributed by atoms with van der Waals surface area (Å²) in [6, 6.07) is 14.2. The van der Waals surface area contributed by atoms with Gasteiger partial charge in [-0.2, -0.15) is 0 Å². The van der Waals surface area contributed by atoms with E-state index in [0.717, 1.165) is 24.0 Å². The SMILES string of the molecule is CC(O)(CNC(=O)Cc1ccc2ccccc2c1)CN1CCOCC1. The number of hydrogen-bond donors (Lipinski definition) is 2. The molecule has 1 atom stereocenters. The fraction of sp³-hybridized carbons (Fsp3) is 0.450. The number of morpholine rings is 1. The molecule has 0 aromatic heterocycles. The number of carbonyl (C=O) groups excluding carboxylic acids is 1. The van der Waals surface area contributed by atoms with Crippen LogP contribution in [0.25, 0.3) is 10.8 Å². The quantitative estimate of drug-likeness (QED) is 0.837. The van der Waals surface area contributed by atoms with Crippen molar-refractivity contribution in [2.24, 2.45) is 0 Å². The number of amides is 1. The second kappa shape index (κ2) is 7.95. The summed E-state index contributed by atoms with van der Waals surface area (Å²) in [5, 5.41) is 15.7. The first-order valence-corrected chi connectivity index (χ1v) is 8.79. The van der Waals surface area contributed by atoms with Crippen LogP contribution in [0.1, 0.15) is 12.5 Å². The average Bonchev–Trinajstić information content (AvgIpc) is 2.60. The molecular weight excluding hydrogens is 316 g/mol. The molecule has 1 amide bonds. The molecule has 134 valence electrons. The van der Waals surface area contributed by atoms with Crippen molar-refractivity contribution in [2.75, 3.05) is 39.4 Å². The maximum absolute atomic E-state index is 12.2. The Morgan fingerprint density at radius 1 is 1.20 bits per heavy atom. The number of carbonyl (C=O) groups is 1. The molecule has 0 saturated carbocycles. The van der Waals surface area contributed by atoms with Crippen LogP contribution in [0.15, 0.2) is 42.5 Å². The highest BCUT2D eigenvalue weighted by Gasteiger charge is 2.25. The van der Waals surface area contributed by atoms with Crippen LogP contribution in [0.5, 0.6) is 0 Å². The minimum Gasteiger partial charge on any atom is -0.387 e. The van der Waals surface area contributed by atoms with E-state index in [1.54, 1.807) is 6.92 Å². The van der Waals surface area contributed by atoms with E-state index in [4.69, 9.17) is 4.74 Å². The normalized spacial score (nSPS) is 18.0. The molecule has 1 saturated heterocycles. The monoisotopic (exact) mass is 342 g/mol. The summed E-state index contributed by atoms with van der Waals surface area (Å²) in [5.41, 5.74) is 0.0279. The lowest BCUT2D eigenvalue weighted by Crippen LogP contribution is -2.51. The molecule has 2 aromatic rings. The van der Waals surface area contributed by atoms with Gasteiger partial charge >= 0.3 is 0 Å². The predicted octanol–water partition coefficient (Wildman–Crippen LogP) is 1.58. The van der Waals surface area contributed by atoms with Gasteiger partial charge in [0.2, 0.25) is 5.91 Å². The van der Waals surface area contributed by atoms with Gasteiger partial charge < -0.3 is 15.2 Å². The van der Waals surface area contributed by atoms with Gasteiger partial charge in [-0.1, -0.05) is 42.5 Å². The van der Waals surface area contributed by atoms with Crippen LogP contribution in [0, 0.1) is 0 Å². The molecule has 0 spiro atoms. The van der Waals surface area contributed by atoms with Crippen LogP contribution < -0.4 is 5.32 Å². The topological polar surface area (TPSA) is 61.8 Å². The Balaban J connectivity index is 1.50. The summed E-state index contributed by atoms with van der Waals surface area (Å²) in [6.45, 7) is 5.58. The van der Waals surface area contributed by atoms with Crippen molar-refractivity contribution in [1.82, 2.24) is 10.2 Å². The third-order valence-electron chi connectivity index (χ3n) is 4.51. The maximum Gasteiger partial charge on any atom is 0.224 e. The Kier molecular flexibility index (Phi) is 5.68. The van der Waals surface area contributed by atoms with Crippen molar-refractivity contribution < 1.29 is 14.6 Å². The summed E-state index contributed by atoms with van der Waals surface area (Å²) in [6.07, 6.45) is 0.318. The first kappa shape index (κ1) is 17.9. The minimum atomic E-state index is -0.948. The van der Waals surface area contributed by atoms with Gasteiger partial charge in [0.15, 0.2) is 0 Å². The molecule has 1 fully saturated rings.